The Hall–Kier alpha value is -0.0400. The number of hydrogen-bond acceptors (Lipinski definition) is 1. The van der Waals surface area contributed by atoms with E-state index in [1.165, 1.54) is 32.1 Å². The van der Waals surface area contributed by atoms with Gasteiger partial charge in [-0.15, -0.1) is 0 Å². The van der Waals surface area contributed by atoms with Gasteiger partial charge in [-0.05, 0) is 30.6 Å². The Morgan fingerprint density at radius 3 is 2.75 bits per heavy atom. The highest BCUT2D eigenvalue weighted by molar-refractivity contribution is 5.00. The van der Waals surface area contributed by atoms with E-state index in [0.29, 0.717) is 11.5 Å². The van der Waals surface area contributed by atoms with E-state index < -0.39 is 0 Å². The van der Waals surface area contributed by atoms with Crippen LogP contribution in [-0.2, 0) is 4.74 Å². The summed E-state index contributed by atoms with van der Waals surface area (Å²) in [6.07, 6.45) is 7.42. The SMILES string of the molecule is CCCC(C)C12CCOC(C1)C2. The van der Waals surface area contributed by atoms with E-state index in [4.69, 9.17) is 4.74 Å². The molecular formula is C11H20O. The van der Waals surface area contributed by atoms with Crippen LogP contribution in [-0.4, -0.2) is 12.7 Å². The standard InChI is InChI=1S/C11H20O/c1-3-4-9(2)11-5-6-12-10(7-11)8-11/h9-10H,3-8H2,1-2H3. The molecule has 0 aromatic carbocycles. The van der Waals surface area contributed by atoms with Gasteiger partial charge in [0.05, 0.1) is 6.10 Å². The van der Waals surface area contributed by atoms with Crippen molar-refractivity contribution in [3.8, 4) is 0 Å². The molecule has 2 bridgehead atoms. The highest BCUT2D eigenvalue weighted by Gasteiger charge is 2.50. The summed E-state index contributed by atoms with van der Waals surface area (Å²) in [5, 5.41) is 0. The highest BCUT2D eigenvalue weighted by atomic mass is 16.5. The molecule has 0 aromatic heterocycles. The minimum Gasteiger partial charge on any atom is -0.378 e. The third kappa shape index (κ3) is 1.19. The van der Waals surface area contributed by atoms with Crippen molar-refractivity contribution in [2.45, 2.75) is 52.1 Å². The third-order valence-electron chi connectivity index (χ3n) is 3.99. The lowest BCUT2D eigenvalue weighted by Gasteiger charge is -2.55. The molecule has 70 valence electrons. The fraction of sp³-hybridized carbons (Fsp3) is 1.00. The molecule has 1 atom stereocenters. The Kier molecular flexibility index (Phi) is 2.16. The van der Waals surface area contributed by atoms with E-state index in [9.17, 15) is 0 Å². The predicted octanol–water partition coefficient (Wildman–Crippen LogP) is 2.99. The molecule has 2 heterocycles. The van der Waals surface area contributed by atoms with Crippen molar-refractivity contribution < 1.29 is 4.74 Å². The summed E-state index contributed by atoms with van der Waals surface area (Å²) < 4.78 is 5.60. The summed E-state index contributed by atoms with van der Waals surface area (Å²) in [4.78, 5) is 0. The van der Waals surface area contributed by atoms with Crippen LogP contribution in [0.1, 0.15) is 46.0 Å². The van der Waals surface area contributed by atoms with Gasteiger partial charge in [0.2, 0.25) is 0 Å². The van der Waals surface area contributed by atoms with Crippen molar-refractivity contribution in [3.05, 3.63) is 0 Å². The van der Waals surface area contributed by atoms with Gasteiger partial charge in [-0.3, -0.25) is 0 Å². The smallest absolute Gasteiger partial charge is 0.0586 e. The van der Waals surface area contributed by atoms with E-state index >= 15 is 0 Å². The summed E-state index contributed by atoms with van der Waals surface area (Å²) in [7, 11) is 0. The topological polar surface area (TPSA) is 9.23 Å². The average Bonchev–Trinajstić information content (AvgIpc) is 2.04. The van der Waals surface area contributed by atoms with E-state index in [1.54, 1.807) is 0 Å². The lowest BCUT2D eigenvalue weighted by atomic mass is 9.56. The maximum absolute atomic E-state index is 5.60. The Morgan fingerprint density at radius 2 is 2.25 bits per heavy atom. The lowest BCUT2D eigenvalue weighted by Crippen LogP contribution is -2.51. The Bertz CT molecular complexity index is 153. The predicted molar refractivity (Wildman–Crippen MR) is 50.1 cm³/mol. The van der Waals surface area contributed by atoms with Gasteiger partial charge in [-0.1, -0.05) is 26.7 Å². The van der Waals surface area contributed by atoms with Crippen molar-refractivity contribution in [1.82, 2.24) is 0 Å². The fourth-order valence-electron chi connectivity index (χ4n) is 2.99. The van der Waals surface area contributed by atoms with Crippen LogP contribution in [0.15, 0.2) is 0 Å². The van der Waals surface area contributed by atoms with E-state index in [2.05, 4.69) is 13.8 Å². The molecule has 2 aliphatic heterocycles. The Morgan fingerprint density at radius 1 is 1.50 bits per heavy atom. The zero-order chi connectivity index (χ0) is 8.60. The van der Waals surface area contributed by atoms with Gasteiger partial charge in [0.25, 0.3) is 0 Å². The minimum absolute atomic E-state index is 0.637. The van der Waals surface area contributed by atoms with Crippen molar-refractivity contribution in [2.75, 3.05) is 6.61 Å². The molecule has 12 heavy (non-hydrogen) atoms. The van der Waals surface area contributed by atoms with Gasteiger partial charge >= 0.3 is 0 Å². The van der Waals surface area contributed by atoms with Crippen molar-refractivity contribution in [1.29, 1.82) is 0 Å². The van der Waals surface area contributed by atoms with Gasteiger partial charge in [-0.2, -0.15) is 0 Å². The molecule has 1 heteroatoms. The Labute approximate surface area is 75.5 Å². The molecule has 0 amide bonds. The summed E-state index contributed by atoms with van der Waals surface area (Å²) in [5.41, 5.74) is 0.707. The van der Waals surface area contributed by atoms with Gasteiger partial charge in [0, 0.05) is 6.61 Å². The third-order valence-corrected chi connectivity index (χ3v) is 3.99. The quantitative estimate of drug-likeness (QED) is 0.629. The normalized spacial score (nSPS) is 42.0. The van der Waals surface area contributed by atoms with Crippen LogP contribution in [0.25, 0.3) is 0 Å². The number of fused-ring (bicyclic) bond motifs is 2. The second-order valence-electron chi connectivity index (χ2n) is 4.70. The van der Waals surface area contributed by atoms with E-state index in [-0.39, 0.29) is 0 Å². The van der Waals surface area contributed by atoms with E-state index in [1.807, 2.05) is 0 Å². The van der Waals surface area contributed by atoms with Crippen LogP contribution >= 0.6 is 0 Å². The van der Waals surface area contributed by atoms with E-state index in [0.717, 1.165) is 12.5 Å². The second kappa shape index (κ2) is 3.02. The van der Waals surface area contributed by atoms with Crippen molar-refractivity contribution >= 4 is 0 Å². The van der Waals surface area contributed by atoms with Gasteiger partial charge in [0.15, 0.2) is 0 Å². The van der Waals surface area contributed by atoms with Gasteiger partial charge in [-0.25, -0.2) is 0 Å². The first kappa shape index (κ1) is 8.55. The largest absolute Gasteiger partial charge is 0.378 e. The van der Waals surface area contributed by atoms with Crippen LogP contribution in [0.5, 0.6) is 0 Å². The number of rotatable bonds is 3. The maximum Gasteiger partial charge on any atom is 0.0586 e. The summed E-state index contributed by atoms with van der Waals surface area (Å²) in [6.45, 7) is 5.76. The molecule has 3 aliphatic rings. The molecule has 1 unspecified atom stereocenters. The van der Waals surface area contributed by atoms with Gasteiger partial charge in [0.1, 0.15) is 0 Å². The van der Waals surface area contributed by atoms with Crippen LogP contribution in [0, 0.1) is 11.3 Å². The van der Waals surface area contributed by atoms with Crippen LogP contribution in [0.3, 0.4) is 0 Å². The molecular weight excluding hydrogens is 148 g/mol. The molecule has 0 spiro atoms. The summed E-state index contributed by atoms with van der Waals surface area (Å²) in [6, 6.07) is 0. The molecule has 3 fully saturated rings. The zero-order valence-corrected chi connectivity index (χ0v) is 8.31. The minimum atomic E-state index is 0.637. The molecule has 1 nitrogen and oxygen atoms in total. The molecule has 3 rings (SSSR count). The lowest BCUT2D eigenvalue weighted by molar-refractivity contribution is -0.170. The zero-order valence-electron chi connectivity index (χ0n) is 8.31. The Balaban J connectivity index is 1.93. The first-order valence-electron chi connectivity index (χ1n) is 5.38. The highest BCUT2D eigenvalue weighted by Crippen LogP contribution is 2.55. The summed E-state index contributed by atoms with van der Waals surface area (Å²) >= 11 is 0. The average molecular weight is 168 g/mol. The molecule has 1 saturated carbocycles. The molecule has 1 aliphatic carbocycles. The first-order valence-corrected chi connectivity index (χ1v) is 5.38. The molecule has 0 radical (unpaired) electrons. The summed E-state index contributed by atoms with van der Waals surface area (Å²) in [5.74, 6) is 0.933. The van der Waals surface area contributed by atoms with Crippen LogP contribution < -0.4 is 0 Å². The number of ether oxygens (including phenoxy) is 1. The molecule has 0 N–H and O–H groups in total. The maximum atomic E-state index is 5.60. The monoisotopic (exact) mass is 168 g/mol. The molecule has 2 saturated heterocycles. The molecule has 0 aromatic rings. The van der Waals surface area contributed by atoms with Gasteiger partial charge < -0.3 is 4.74 Å². The van der Waals surface area contributed by atoms with Crippen LogP contribution in [0.4, 0.5) is 0 Å². The van der Waals surface area contributed by atoms with Crippen molar-refractivity contribution in [2.24, 2.45) is 11.3 Å². The number of hydrogen-bond donors (Lipinski definition) is 0. The fourth-order valence-corrected chi connectivity index (χ4v) is 2.99. The van der Waals surface area contributed by atoms with Crippen molar-refractivity contribution in [3.63, 3.8) is 0 Å². The first-order chi connectivity index (χ1) is 5.77. The van der Waals surface area contributed by atoms with Crippen LogP contribution in [0.2, 0.25) is 0 Å². The second-order valence-corrected chi connectivity index (χ2v) is 4.70.